The minimum Gasteiger partial charge on any atom is -0.339 e. The van der Waals surface area contributed by atoms with Gasteiger partial charge in [-0.15, -0.1) is 0 Å². The number of halogens is 2. The monoisotopic (exact) mass is 388 g/mol. The molecule has 1 unspecified atom stereocenters. The van der Waals surface area contributed by atoms with E-state index in [0.29, 0.717) is 43.2 Å². The van der Waals surface area contributed by atoms with Gasteiger partial charge in [-0.2, -0.15) is 0 Å². The van der Waals surface area contributed by atoms with Crippen LogP contribution in [0.2, 0.25) is 5.02 Å². The summed E-state index contributed by atoms with van der Waals surface area (Å²) in [6.07, 6.45) is 0.567. The molecule has 1 fully saturated rings. The van der Waals surface area contributed by atoms with Crippen LogP contribution >= 0.6 is 11.6 Å². The predicted molar refractivity (Wildman–Crippen MR) is 103 cm³/mol. The molecule has 0 saturated carbocycles. The molecule has 0 aromatic heterocycles. The highest BCUT2D eigenvalue weighted by atomic mass is 35.5. The molecule has 2 aromatic carbocycles. The number of rotatable bonds is 4. The van der Waals surface area contributed by atoms with E-state index in [4.69, 9.17) is 11.6 Å². The lowest BCUT2D eigenvalue weighted by atomic mass is 9.99. The average Bonchev–Trinajstić information content (AvgIpc) is 2.69. The lowest BCUT2D eigenvalue weighted by Gasteiger charge is -2.36. The molecule has 4 nitrogen and oxygen atoms in total. The number of carbonyl (C=O) groups is 2. The Kier molecular flexibility index (Phi) is 6.11. The highest BCUT2D eigenvalue weighted by Crippen LogP contribution is 2.19. The molecule has 0 radical (unpaired) electrons. The largest absolute Gasteiger partial charge is 0.339 e. The first kappa shape index (κ1) is 19.4. The summed E-state index contributed by atoms with van der Waals surface area (Å²) in [5.41, 5.74) is 1.42. The number of nitrogens with zero attached hydrogens (tertiary/aromatic N) is 2. The third-order valence-corrected chi connectivity index (χ3v) is 5.19. The molecular formula is C21H22ClFN2O2. The summed E-state index contributed by atoms with van der Waals surface area (Å²) in [5.74, 6) is -0.519. The minimum absolute atomic E-state index is 0.0594. The van der Waals surface area contributed by atoms with E-state index in [0.717, 1.165) is 5.56 Å². The maximum Gasteiger partial charge on any atom is 0.255 e. The summed E-state index contributed by atoms with van der Waals surface area (Å²) >= 11 is 6.11. The fourth-order valence-electron chi connectivity index (χ4n) is 3.31. The molecule has 0 aliphatic carbocycles. The van der Waals surface area contributed by atoms with Gasteiger partial charge in [0.1, 0.15) is 5.82 Å². The van der Waals surface area contributed by atoms with Crippen molar-refractivity contribution in [2.45, 2.75) is 13.3 Å². The molecule has 0 spiro atoms. The first-order valence-corrected chi connectivity index (χ1v) is 9.40. The first-order valence-electron chi connectivity index (χ1n) is 9.02. The van der Waals surface area contributed by atoms with Crippen LogP contribution < -0.4 is 0 Å². The van der Waals surface area contributed by atoms with Gasteiger partial charge in [0, 0.05) is 32.1 Å². The van der Waals surface area contributed by atoms with E-state index in [1.54, 1.807) is 46.2 Å². The highest BCUT2D eigenvalue weighted by molar-refractivity contribution is 6.33. The second kappa shape index (κ2) is 8.53. The second-order valence-corrected chi connectivity index (χ2v) is 7.24. The van der Waals surface area contributed by atoms with Gasteiger partial charge in [-0.3, -0.25) is 9.59 Å². The number of benzene rings is 2. The Bertz CT molecular complexity index is 817. The molecule has 2 aromatic rings. The molecule has 1 heterocycles. The zero-order valence-electron chi connectivity index (χ0n) is 15.2. The van der Waals surface area contributed by atoms with Crippen LogP contribution in [0.5, 0.6) is 0 Å². The molecule has 1 aliphatic rings. The van der Waals surface area contributed by atoms with E-state index in [1.165, 1.54) is 12.1 Å². The number of hydrogen-bond donors (Lipinski definition) is 0. The zero-order valence-corrected chi connectivity index (χ0v) is 16.0. The molecule has 1 aliphatic heterocycles. The molecule has 1 saturated heterocycles. The van der Waals surface area contributed by atoms with Crippen molar-refractivity contribution >= 4 is 23.4 Å². The van der Waals surface area contributed by atoms with Crippen molar-refractivity contribution in [3.63, 3.8) is 0 Å². The quantitative estimate of drug-likeness (QED) is 0.802. The van der Waals surface area contributed by atoms with Gasteiger partial charge in [0.05, 0.1) is 10.6 Å². The van der Waals surface area contributed by atoms with Gasteiger partial charge in [0.25, 0.3) is 5.91 Å². The topological polar surface area (TPSA) is 40.6 Å². The van der Waals surface area contributed by atoms with Crippen LogP contribution in [0.4, 0.5) is 4.39 Å². The van der Waals surface area contributed by atoms with Crippen LogP contribution in [0.25, 0.3) is 0 Å². The maximum atomic E-state index is 13.0. The summed E-state index contributed by atoms with van der Waals surface area (Å²) in [4.78, 5) is 28.8. The van der Waals surface area contributed by atoms with Crippen molar-refractivity contribution in [2.24, 2.45) is 5.92 Å². The van der Waals surface area contributed by atoms with Crippen LogP contribution in [0.15, 0.2) is 48.5 Å². The summed E-state index contributed by atoms with van der Waals surface area (Å²) in [6.45, 7) is 3.86. The fraction of sp³-hybridized carbons (Fsp3) is 0.333. The number of piperazine rings is 1. The van der Waals surface area contributed by atoms with E-state index in [2.05, 4.69) is 0 Å². The lowest BCUT2D eigenvalue weighted by Crippen LogP contribution is -2.52. The van der Waals surface area contributed by atoms with Crippen molar-refractivity contribution in [1.82, 2.24) is 9.80 Å². The zero-order chi connectivity index (χ0) is 19.4. The number of amides is 2. The third kappa shape index (κ3) is 4.66. The Labute approximate surface area is 163 Å². The average molecular weight is 389 g/mol. The Morgan fingerprint density at radius 2 is 1.59 bits per heavy atom. The second-order valence-electron chi connectivity index (χ2n) is 6.83. The summed E-state index contributed by atoms with van der Waals surface area (Å²) in [6, 6.07) is 13.2. The molecule has 6 heteroatoms. The van der Waals surface area contributed by atoms with Gasteiger partial charge in [0.15, 0.2) is 0 Å². The van der Waals surface area contributed by atoms with Gasteiger partial charge < -0.3 is 9.80 Å². The summed E-state index contributed by atoms with van der Waals surface area (Å²) < 4.78 is 13.0. The molecule has 27 heavy (non-hydrogen) atoms. The fourth-order valence-corrected chi connectivity index (χ4v) is 3.52. The van der Waals surface area contributed by atoms with E-state index >= 15 is 0 Å². The molecule has 0 N–H and O–H groups in total. The van der Waals surface area contributed by atoms with Gasteiger partial charge in [-0.25, -0.2) is 4.39 Å². The lowest BCUT2D eigenvalue weighted by molar-refractivity contribution is -0.136. The Morgan fingerprint density at radius 1 is 1.00 bits per heavy atom. The van der Waals surface area contributed by atoms with Crippen molar-refractivity contribution in [2.75, 3.05) is 26.2 Å². The predicted octanol–water partition coefficient (Wildman–Crippen LogP) is 3.64. The Balaban J connectivity index is 1.55. The Hall–Kier alpha value is -2.40. The van der Waals surface area contributed by atoms with Gasteiger partial charge >= 0.3 is 0 Å². The van der Waals surface area contributed by atoms with E-state index in [1.807, 2.05) is 6.92 Å². The number of carbonyl (C=O) groups excluding carboxylic acids is 2. The minimum atomic E-state index is -0.281. The smallest absolute Gasteiger partial charge is 0.255 e. The molecule has 3 rings (SSSR count). The van der Waals surface area contributed by atoms with Gasteiger partial charge in [-0.05, 0) is 36.2 Å². The molecule has 0 bridgehead atoms. The molecule has 1 atom stereocenters. The normalized spacial score (nSPS) is 15.5. The maximum absolute atomic E-state index is 13.0. The summed E-state index contributed by atoms with van der Waals surface area (Å²) in [7, 11) is 0. The van der Waals surface area contributed by atoms with Crippen LogP contribution in [-0.4, -0.2) is 47.8 Å². The third-order valence-electron chi connectivity index (χ3n) is 4.86. The van der Waals surface area contributed by atoms with Crippen LogP contribution in [0, 0.1) is 11.7 Å². The molecule has 142 valence electrons. The highest BCUT2D eigenvalue weighted by Gasteiger charge is 2.28. The van der Waals surface area contributed by atoms with Crippen molar-refractivity contribution in [3.05, 3.63) is 70.5 Å². The number of hydrogen-bond acceptors (Lipinski definition) is 2. The molecular weight excluding hydrogens is 367 g/mol. The van der Waals surface area contributed by atoms with Crippen molar-refractivity contribution < 1.29 is 14.0 Å². The van der Waals surface area contributed by atoms with Crippen LogP contribution in [-0.2, 0) is 11.2 Å². The van der Waals surface area contributed by atoms with Crippen molar-refractivity contribution in [1.29, 1.82) is 0 Å². The van der Waals surface area contributed by atoms with Gasteiger partial charge in [-0.1, -0.05) is 42.8 Å². The van der Waals surface area contributed by atoms with E-state index in [-0.39, 0.29) is 23.5 Å². The van der Waals surface area contributed by atoms with Crippen LogP contribution in [0.3, 0.4) is 0 Å². The van der Waals surface area contributed by atoms with Crippen molar-refractivity contribution in [3.8, 4) is 0 Å². The van der Waals surface area contributed by atoms with Crippen LogP contribution in [0.1, 0.15) is 22.8 Å². The SMILES string of the molecule is CC(Cc1ccc(F)cc1)C(=O)N1CCN(C(=O)c2ccccc2Cl)CC1. The summed E-state index contributed by atoms with van der Waals surface area (Å²) in [5, 5.41) is 0.439. The molecule has 2 amide bonds. The Morgan fingerprint density at radius 3 is 2.22 bits per heavy atom. The standard InChI is InChI=1S/C21H22ClFN2O2/c1-15(14-16-6-8-17(23)9-7-16)20(26)24-10-12-25(13-11-24)21(27)18-4-2-3-5-19(18)22/h2-9,15H,10-14H2,1H3. The van der Waals surface area contributed by atoms with E-state index < -0.39 is 0 Å². The first-order chi connectivity index (χ1) is 13.0. The van der Waals surface area contributed by atoms with E-state index in [9.17, 15) is 14.0 Å². The van der Waals surface area contributed by atoms with Gasteiger partial charge in [0.2, 0.25) is 5.91 Å².